The second-order valence-corrected chi connectivity index (χ2v) is 7.44. The predicted octanol–water partition coefficient (Wildman–Crippen LogP) is 3.43. The number of carbonyl (C=O) groups excluding carboxylic acids is 2. The number of hydrogen-bond acceptors (Lipinski definition) is 5. The smallest absolute Gasteiger partial charge is 0.256 e. The van der Waals surface area contributed by atoms with E-state index in [-0.39, 0.29) is 18.4 Å². The number of pyridine rings is 1. The van der Waals surface area contributed by atoms with Gasteiger partial charge in [0.15, 0.2) is 6.10 Å². The molecule has 3 aromatic rings. The fourth-order valence-corrected chi connectivity index (χ4v) is 3.63. The van der Waals surface area contributed by atoms with Crippen molar-refractivity contribution in [2.45, 2.75) is 12.1 Å². The third-order valence-corrected chi connectivity index (χ3v) is 5.36. The van der Waals surface area contributed by atoms with Gasteiger partial charge in [-0.2, -0.15) is 0 Å². The number of nitrogens with zero attached hydrogens (tertiary/aromatic N) is 2. The standard InChI is InChI=1S/C22H20ClN3O4/c1-26-19(27)12-30-21(20(26)13-3-6-15(23)7-4-13)22(28)25-16-9-14-5-8-17(29-2)10-18(14)24-11-16/h3-11,20-21H,12H2,1-2H3,(H,25,28). The molecule has 2 amide bonds. The monoisotopic (exact) mass is 425 g/mol. The number of anilines is 1. The summed E-state index contributed by atoms with van der Waals surface area (Å²) < 4.78 is 10.8. The van der Waals surface area contributed by atoms with Gasteiger partial charge in [0.05, 0.1) is 30.6 Å². The number of hydrogen-bond donors (Lipinski definition) is 1. The highest BCUT2D eigenvalue weighted by Gasteiger charge is 2.40. The molecule has 0 bridgehead atoms. The number of benzene rings is 2. The van der Waals surface area contributed by atoms with Gasteiger partial charge < -0.3 is 19.7 Å². The van der Waals surface area contributed by atoms with E-state index in [1.54, 1.807) is 44.6 Å². The molecule has 1 aromatic heterocycles. The zero-order valence-corrected chi connectivity index (χ0v) is 17.2. The van der Waals surface area contributed by atoms with Crippen LogP contribution in [-0.4, -0.2) is 48.6 Å². The first kappa shape index (κ1) is 20.1. The van der Waals surface area contributed by atoms with Crippen LogP contribution >= 0.6 is 11.6 Å². The first-order valence-electron chi connectivity index (χ1n) is 9.33. The highest BCUT2D eigenvalue weighted by molar-refractivity contribution is 6.30. The van der Waals surface area contributed by atoms with E-state index in [1.165, 1.54) is 4.90 Å². The molecule has 2 unspecified atom stereocenters. The molecule has 1 aliphatic rings. The van der Waals surface area contributed by atoms with E-state index in [1.807, 2.05) is 24.3 Å². The van der Waals surface area contributed by atoms with E-state index >= 15 is 0 Å². The quantitative estimate of drug-likeness (QED) is 0.692. The molecule has 0 saturated carbocycles. The van der Waals surface area contributed by atoms with Crippen LogP contribution in [0.1, 0.15) is 11.6 Å². The molecule has 0 radical (unpaired) electrons. The molecule has 1 N–H and O–H groups in total. The first-order chi connectivity index (χ1) is 14.5. The Morgan fingerprint density at radius 1 is 1.23 bits per heavy atom. The summed E-state index contributed by atoms with van der Waals surface area (Å²) in [5, 5.41) is 4.29. The second-order valence-electron chi connectivity index (χ2n) is 7.00. The number of amides is 2. The lowest BCUT2D eigenvalue weighted by atomic mass is 9.97. The van der Waals surface area contributed by atoms with Crippen molar-refractivity contribution in [3.05, 3.63) is 65.3 Å². The summed E-state index contributed by atoms with van der Waals surface area (Å²) in [5.74, 6) is 0.158. The van der Waals surface area contributed by atoms with Crippen molar-refractivity contribution in [2.75, 3.05) is 26.1 Å². The van der Waals surface area contributed by atoms with E-state index in [2.05, 4.69) is 10.3 Å². The number of aromatic nitrogens is 1. The number of methoxy groups -OCH3 is 1. The van der Waals surface area contributed by atoms with Crippen molar-refractivity contribution in [3.63, 3.8) is 0 Å². The molecule has 7 nitrogen and oxygen atoms in total. The summed E-state index contributed by atoms with van der Waals surface area (Å²) in [6.07, 6.45) is 0.703. The van der Waals surface area contributed by atoms with Crippen LogP contribution in [0.5, 0.6) is 5.75 Å². The molecular formula is C22H20ClN3O4. The van der Waals surface area contributed by atoms with Crippen LogP contribution < -0.4 is 10.1 Å². The summed E-state index contributed by atoms with van der Waals surface area (Å²) in [5.41, 5.74) is 2.06. The molecule has 0 aliphatic carbocycles. The number of halogens is 1. The number of ether oxygens (including phenoxy) is 2. The molecule has 0 spiro atoms. The number of fused-ring (bicyclic) bond motifs is 1. The molecule has 30 heavy (non-hydrogen) atoms. The molecule has 2 aromatic carbocycles. The molecule has 154 valence electrons. The van der Waals surface area contributed by atoms with Crippen molar-refractivity contribution < 1.29 is 19.1 Å². The normalized spacial score (nSPS) is 19.0. The Kier molecular flexibility index (Phi) is 5.57. The van der Waals surface area contributed by atoms with E-state index in [4.69, 9.17) is 21.1 Å². The lowest BCUT2D eigenvalue weighted by Crippen LogP contribution is -2.51. The van der Waals surface area contributed by atoms with E-state index in [0.717, 1.165) is 16.5 Å². The Labute approximate surface area is 178 Å². The highest BCUT2D eigenvalue weighted by atomic mass is 35.5. The largest absolute Gasteiger partial charge is 0.497 e. The Balaban J connectivity index is 1.59. The zero-order chi connectivity index (χ0) is 21.3. The summed E-state index contributed by atoms with van der Waals surface area (Å²) in [7, 11) is 3.26. The summed E-state index contributed by atoms with van der Waals surface area (Å²) in [4.78, 5) is 31.2. The van der Waals surface area contributed by atoms with E-state index in [9.17, 15) is 9.59 Å². The molecule has 8 heteroatoms. The van der Waals surface area contributed by atoms with Crippen molar-refractivity contribution in [3.8, 4) is 5.75 Å². The Hall–Kier alpha value is -3.16. The minimum absolute atomic E-state index is 0.158. The minimum Gasteiger partial charge on any atom is -0.497 e. The zero-order valence-electron chi connectivity index (χ0n) is 16.5. The molecule has 4 rings (SSSR count). The summed E-state index contributed by atoms with van der Waals surface area (Å²) in [6, 6.07) is 13.8. The van der Waals surface area contributed by atoms with Crippen LogP contribution in [0, 0.1) is 0 Å². The number of morpholine rings is 1. The average molecular weight is 426 g/mol. The first-order valence-corrected chi connectivity index (χ1v) is 9.71. The van der Waals surface area contributed by atoms with Gasteiger partial charge >= 0.3 is 0 Å². The van der Waals surface area contributed by atoms with Gasteiger partial charge in [0, 0.05) is 23.5 Å². The van der Waals surface area contributed by atoms with Crippen LogP contribution in [0.15, 0.2) is 54.7 Å². The Morgan fingerprint density at radius 2 is 2.00 bits per heavy atom. The van der Waals surface area contributed by atoms with Gasteiger partial charge in [-0.15, -0.1) is 0 Å². The maximum absolute atomic E-state index is 13.1. The molecule has 1 fully saturated rings. The van der Waals surface area contributed by atoms with Gasteiger partial charge in [-0.25, -0.2) is 0 Å². The maximum atomic E-state index is 13.1. The van der Waals surface area contributed by atoms with E-state index < -0.39 is 12.1 Å². The highest BCUT2D eigenvalue weighted by Crippen LogP contribution is 2.31. The fourth-order valence-electron chi connectivity index (χ4n) is 3.50. The van der Waals surface area contributed by atoms with Crippen LogP contribution in [0.2, 0.25) is 5.02 Å². The van der Waals surface area contributed by atoms with Gasteiger partial charge in [-0.05, 0) is 35.9 Å². The number of rotatable bonds is 4. The van der Waals surface area contributed by atoms with Gasteiger partial charge in [-0.3, -0.25) is 14.6 Å². The van der Waals surface area contributed by atoms with Crippen LogP contribution in [0.4, 0.5) is 5.69 Å². The minimum atomic E-state index is -0.875. The van der Waals surface area contributed by atoms with E-state index in [0.29, 0.717) is 16.5 Å². The predicted molar refractivity (Wildman–Crippen MR) is 114 cm³/mol. The average Bonchev–Trinajstić information content (AvgIpc) is 2.76. The number of likely N-dealkylation sites (N-methyl/N-ethyl adjacent to an activating group) is 1. The summed E-state index contributed by atoms with van der Waals surface area (Å²) >= 11 is 5.98. The molecular weight excluding hydrogens is 406 g/mol. The van der Waals surface area contributed by atoms with Gasteiger partial charge in [-0.1, -0.05) is 23.7 Å². The van der Waals surface area contributed by atoms with Crippen LogP contribution in [0.3, 0.4) is 0 Å². The van der Waals surface area contributed by atoms with Crippen LogP contribution in [-0.2, 0) is 14.3 Å². The van der Waals surface area contributed by atoms with Crippen molar-refractivity contribution >= 4 is 40.0 Å². The van der Waals surface area contributed by atoms with Crippen molar-refractivity contribution in [2.24, 2.45) is 0 Å². The topological polar surface area (TPSA) is 80.8 Å². The summed E-state index contributed by atoms with van der Waals surface area (Å²) in [6.45, 7) is -0.158. The number of nitrogens with one attached hydrogen (secondary N) is 1. The lowest BCUT2D eigenvalue weighted by Gasteiger charge is -2.38. The van der Waals surface area contributed by atoms with Gasteiger partial charge in [0.1, 0.15) is 12.4 Å². The lowest BCUT2D eigenvalue weighted by molar-refractivity contribution is -0.160. The second kappa shape index (κ2) is 8.30. The molecule has 1 saturated heterocycles. The molecule has 2 heterocycles. The number of carbonyl (C=O) groups is 2. The Bertz CT molecular complexity index is 1100. The van der Waals surface area contributed by atoms with Crippen molar-refractivity contribution in [1.82, 2.24) is 9.88 Å². The molecule has 2 atom stereocenters. The third kappa shape index (κ3) is 3.94. The van der Waals surface area contributed by atoms with Crippen molar-refractivity contribution in [1.29, 1.82) is 0 Å². The third-order valence-electron chi connectivity index (χ3n) is 5.11. The maximum Gasteiger partial charge on any atom is 0.256 e. The van der Waals surface area contributed by atoms with Gasteiger partial charge in [0.2, 0.25) is 5.91 Å². The SMILES string of the molecule is COc1ccc2cc(NC(=O)C3OCC(=O)N(C)C3c3ccc(Cl)cc3)cnc2c1. The Morgan fingerprint density at radius 3 is 2.73 bits per heavy atom. The van der Waals surface area contributed by atoms with Gasteiger partial charge in [0.25, 0.3) is 5.91 Å². The van der Waals surface area contributed by atoms with Crippen LogP contribution in [0.25, 0.3) is 10.9 Å². The molecule has 1 aliphatic heterocycles. The fraction of sp³-hybridized carbons (Fsp3) is 0.227.